The molecule has 120 valence electrons. The van der Waals surface area contributed by atoms with E-state index in [2.05, 4.69) is 5.32 Å². The number of cyclic esters (lactones) is 1. The van der Waals surface area contributed by atoms with Crippen LogP contribution in [0.5, 0.6) is 0 Å². The van der Waals surface area contributed by atoms with E-state index in [1.54, 1.807) is 31.2 Å². The summed E-state index contributed by atoms with van der Waals surface area (Å²) in [6.45, 7) is 1.72. The fraction of sp³-hybridized carbons (Fsp3) is 0.235. The summed E-state index contributed by atoms with van der Waals surface area (Å²) in [5, 5.41) is 12.4. The van der Waals surface area contributed by atoms with Crippen LogP contribution >= 0.6 is 0 Å². The van der Waals surface area contributed by atoms with E-state index < -0.39 is 23.4 Å². The topological polar surface area (TPSA) is 114 Å². The maximum absolute atomic E-state index is 13.0. The number of carbonyl (C=O) groups is 2. The molecule has 3 heterocycles. The number of nitrogens with two attached hydrogens (primary N) is 1. The van der Waals surface area contributed by atoms with E-state index in [0.717, 1.165) is 0 Å². The van der Waals surface area contributed by atoms with Crippen molar-refractivity contribution in [2.24, 2.45) is 5.73 Å². The van der Waals surface area contributed by atoms with Gasteiger partial charge in [0.1, 0.15) is 29.1 Å². The number of nitrogens with zero attached hydrogens (tertiary/aromatic N) is 1. The lowest BCUT2D eigenvalue weighted by atomic mass is 9.67. The second-order valence-electron chi connectivity index (χ2n) is 5.92. The van der Waals surface area contributed by atoms with Crippen LogP contribution in [0.1, 0.15) is 18.9 Å². The molecule has 0 fully saturated rings. The lowest BCUT2D eigenvalue weighted by Crippen LogP contribution is -2.48. The average Bonchev–Trinajstić information content (AvgIpc) is 2.80. The summed E-state index contributed by atoms with van der Waals surface area (Å²) >= 11 is 0. The molecular weight excluding hydrogens is 310 g/mol. The third-order valence-corrected chi connectivity index (χ3v) is 4.53. The predicted octanol–water partition coefficient (Wildman–Crippen LogP) is 1.19. The second-order valence-corrected chi connectivity index (χ2v) is 5.92. The second kappa shape index (κ2) is 4.61. The lowest BCUT2D eigenvalue weighted by molar-refractivity contribution is -0.148. The molecule has 1 spiro atoms. The Kier molecular flexibility index (Phi) is 2.76. The lowest BCUT2D eigenvalue weighted by Gasteiger charge is -2.37. The first-order chi connectivity index (χ1) is 11.5. The van der Waals surface area contributed by atoms with E-state index in [1.807, 2.05) is 6.07 Å². The Bertz CT molecular complexity index is 909. The Morgan fingerprint density at radius 3 is 2.88 bits per heavy atom. The minimum Gasteiger partial charge on any atom is -0.459 e. The van der Waals surface area contributed by atoms with Crippen LogP contribution in [0, 0.1) is 11.3 Å². The minimum absolute atomic E-state index is 0.0359. The molecule has 1 amide bonds. The normalized spacial score (nSPS) is 27.9. The van der Waals surface area contributed by atoms with Crippen molar-refractivity contribution in [3.63, 3.8) is 0 Å². The minimum atomic E-state index is -1.62. The smallest absolute Gasteiger partial charge is 0.339 e. The standard InChI is InChI=1S/C17H13N3O4/c1-8-6-12-13(15(21)23-8)17(10(7-18)14(19)24-12)9-4-2-3-5-11(9)20-16(17)22/h2-5,8H,6,19H2,1H3,(H,20,22)/t8-,17+/m1/s1. The van der Waals surface area contributed by atoms with Crippen LogP contribution in [0.25, 0.3) is 0 Å². The number of hydrogen-bond acceptors (Lipinski definition) is 6. The zero-order valence-electron chi connectivity index (χ0n) is 12.8. The molecule has 24 heavy (non-hydrogen) atoms. The largest absolute Gasteiger partial charge is 0.459 e. The Labute approximate surface area is 137 Å². The third-order valence-electron chi connectivity index (χ3n) is 4.53. The predicted molar refractivity (Wildman–Crippen MR) is 81.9 cm³/mol. The number of fused-ring (bicyclic) bond motifs is 3. The van der Waals surface area contributed by atoms with Crippen molar-refractivity contribution in [1.29, 1.82) is 5.26 Å². The molecule has 3 N–H and O–H groups in total. The van der Waals surface area contributed by atoms with Crippen molar-refractivity contribution >= 4 is 17.6 Å². The molecule has 0 aliphatic carbocycles. The van der Waals surface area contributed by atoms with Gasteiger partial charge in [0.25, 0.3) is 0 Å². The maximum atomic E-state index is 13.0. The van der Waals surface area contributed by atoms with E-state index in [1.165, 1.54) is 0 Å². The van der Waals surface area contributed by atoms with E-state index in [9.17, 15) is 14.9 Å². The van der Waals surface area contributed by atoms with E-state index >= 15 is 0 Å². The number of nitrogens with one attached hydrogen (secondary N) is 1. The van der Waals surface area contributed by atoms with Crippen molar-refractivity contribution in [2.75, 3.05) is 5.32 Å². The summed E-state index contributed by atoms with van der Waals surface area (Å²) in [4.78, 5) is 25.6. The molecule has 7 nitrogen and oxygen atoms in total. The van der Waals surface area contributed by atoms with Gasteiger partial charge in [-0.25, -0.2) is 4.79 Å². The Balaban J connectivity index is 2.10. The molecule has 0 radical (unpaired) electrons. The van der Waals surface area contributed by atoms with Gasteiger partial charge in [0.2, 0.25) is 11.8 Å². The van der Waals surface area contributed by atoms with Gasteiger partial charge in [-0.1, -0.05) is 18.2 Å². The van der Waals surface area contributed by atoms with Crippen LogP contribution in [0.4, 0.5) is 5.69 Å². The molecular formula is C17H13N3O4. The number of rotatable bonds is 0. The van der Waals surface area contributed by atoms with Crippen LogP contribution < -0.4 is 11.1 Å². The van der Waals surface area contributed by atoms with Gasteiger partial charge in [-0.2, -0.15) is 5.26 Å². The van der Waals surface area contributed by atoms with E-state index in [-0.39, 0.29) is 29.2 Å². The van der Waals surface area contributed by atoms with Gasteiger partial charge in [-0.15, -0.1) is 0 Å². The average molecular weight is 323 g/mol. The van der Waals surface area contributed by atoms with Crippen molar-refractivity contribution in [3.8, 4) is 6.07 Å². The number of amides is 1. The molecule has 4 rings (SSSR count). The first-order valence-corrected chi connectivity index (χ1v) is 7.44. The molecule has 0 saturated heterocycles. The Morgan fingerprint density at radius 2 is 2.12 bits per heavy atom. The van der Waals surface area contributed by atoms with Crippen molar-refractivity contribution in [2.45, 2.75) is 24.9 Å². The van der Waals surface area contributed by atoms with Gasteiger partial charge < -0.3 is 20.5 Å². The van der Waals surface area contributed by atoms with Crippen molar-refractivity contribution in [1.82, 2.24) is 0 Å². The van der Waals surface area contributed by atoms with Gasteiger partial charge in [-0.05, 0) is 13.0 Å². The van der Waals surface area contributed by atoms with Crippen LogP contribution in [-0.4, -0.2) is 18.0 Å². The molecule has 0 bridgehead atoms. The fourth-order valence-corrected chi connectivity index (χ4v) is 3.60. The van der Waals surface area contributed by atoms with Gasteiger partial charge in [0, 0.05) is 17.7 Å². The van der Waals surface area contributed by atoms with Crippen LogP contribution in [0.2, 0.25) is 0 Å². The molecule has 0 saturated carbocycles. The molecule has 3 aliphatic heterocycles. The summed E-state index contributed by atoms with van der Waals surface area (Å²) in [5.41, 5.74) is 5.27. The van der Waals surface area contributed by atoms with E-state index in [0.29, 0.717) is 11.3 Å². The number of hydrogen-bond donors (Lipinski definition) is 2. The fourth-order valence-electron chi connectivity index (χ4n) is 3.60. The Hall–Kier alpha value is -3.27. The van der Waals surface area contributed by atoms with Gasteiger partial charge in [-0.3, -0.25) is 4.79 Å². The maximum Gasteiger partial charge on any atom is 0.339 e. The molecule has 1 aromatic carbocycles. The number of carbonyl (C=O) groups excluding carboxylic acids is 2. The van der Waals surface area contributed by atoms with Crippen LogP contribution in [0.3, 0.4) is 0 Å². The number of ether oxygens (including phenoxy) is 2. The molecule has 0 aromatic heterocycles. The number of esters is 1. The van der Waals surface area contributed by atoms with Crippen LogP contribution in [-0.2, 0) is 24.5 Å². The summed E-state index contributed by atoms with van der Waals surface area (Å²) in [5.74, 6) is -1.06. The highest BCUT2D eigenvalue weighted by molar-refractivity contribution is 6.17. The highest BCUT2D eigenvalue weighted by atomic mass is 16.6. The summed E-state index contributed by atoms with van der Waals surface area (Å²) in [6.07, 6.45) is -0.109. The number of anilines is 1. The number of para-hydroxylation sites is 1. The zero-order chi connectivity index (χ0) is 17.1. The summed E-state index contributed by atoms with van der Waals surface area (Å²) < 4.78 is 10.8. The number of benzene rings is 1. The first kappa shape index (κ1) is 14.3. The van der Waals surface area contributed by atoms with Crippen LogP contribution in [0.15, 0.2) is 47.1 Å². The highest BCUT2D eigenvalue weighted by Crippen LogP contribution is 2.53. The molecule has 7 heteroatoms. The molecule has 1 aromatic rings. The highest BCUT2D eigenvalue weighted by Gasteiger charge is 2.61. The Morgan fingerprint density at radius 1 is 1.38 bits per heavy atom. The summed E-state index contributed by atoms with van der Waals surface area (Å²) in [6, 6.07) is 8.84. The third kappa shape index (κ3) is 1.55. The molecule has 0 unspecified atom stereocenters. The molecule has 2 atom stereocenters. The monoisotopic (exact) mass is 323 g/mol. The van der Waals surface area contributed by atoms with E-state index in [4.69, 9.17) is 15.2 Å². The quantitative estimate of drug-likeness (QED) is 0.693. The van der Waals surface area contributed by atoms with Crippen molar-refractivity contribution in [3.05, 3.63) is 52.6 Å². The SMILES string of the molecule is C[C@@H]1CC2=C(C(=O)O1)[C@@]1(C(=O)Nc3ccccc31)C(C#N)=C(N)O2. The summed E-state index contributed by atoms with van der Waals surface area (Å²) in [7, 11) is 0. The molecule has 3 aliphatic rings. The number of nitriles is 1. The first-order valence-electron chi connectivity index (χ1n) is 7.44. The van der Waals surface area contributed by atoms with Gasteiger partial charge >= 0.3 is 5.97 Å². The van der Waals surface area contributed by atoms with Gasteiger partial charge in [0.15, 0.2) is 5.41 Å². The van der Waals surface area contributed by atoms with Gasteiger partial charge in [0.05, 0.1) is 0 Å². The zero-order valence-corrected chi connectivity index (χ0v) is 12.8. The van der Waals surface area contributed by atoms with Crippen molar-refractivity contribution < 1.29 is 19.1 Å².